The maximum Gasteiger partial charge on any atom is 0.253 e. The van der Waals surface area contributed by atoms with Crippen molar-refractivity contribution in [1.82, 2.24) is 5.32 Å². The van der Waals surface area contributed by atoms with E-state index in [0.717, 1.165) is 0 Å². The van der Waals surface area contributed by atoms with Crippen LogP contribution in [-0.4, -0.2) is 19.0 Å². The van der Waals surface area contributed by atoms with Crippen LogP contribution in [0.15, 0.2) is 12.7 Å². The Morgan fingerprint density at radius 2 is 2.20 bits per heavy atom. The van der Waals surface area contributed by atoms with Crippen LogP contribution < -0.4 is 5.32 Å². The molecule has 0 rings (SSSR count). The monoisotopic (exact) mass is 149 g/mol. The van der Waals surface area contributed by atoms with Crippen LogP contribution in [0.25, 0.3) is 0 Å². The molecule has 10 heavy (non-hydrogen) atoms. The van der Waals surface area contributed by atoms with Gasteiger partial charge in [-0.25, -0.2) is 8.78 Å². The highest BCUT2D eigenvalue weighted by Crippen LogP contribution is 2.04. The summed E-state index contributed by atoms with van der Waals surface area (Å²) >= 11 is 0. The zero-order valence-corrected chi connectivity index (χ0v) is 6.11. The SMILES string of the molecule is C=CCC(NCC)C(F)F. The first-order valence-electron chi connectivity index (χ1n) is 3.34. The van der Waals surface area contributed by atoms with Crippen molar-refractivity contribution < 1.29 is 8.78 Å². The van der Waals surface area contributed by atoms with E-state index >= 15 is 0 Å². The van der Waals surface area contributed by atoms with Crippen molar-refractivity contribution in [3.63, 3.8) is 0 Å². The Morgan fingerprint density at radius 1 is 1.60 bits per heavy atom. The molecule has 0 aromatic rings. The van der Waals surface area contributed by atoms with E-state index in [1.807, 2.05) is 0 Å². The van der Waals surface area contributed by atoms with Crippen LogP contribution in [0.4, 0.5) is 8.78 Å². The number of nitrogens with one attached hydrogen (secondary N) is 1. The van der Waals surface area contributed by atoms with Crippen LogP contribution in [0.2, 0.25) is 0 Å². The first-order chi connectivity index (χ1) is 4.72. The lowest BCUT2D eigenvalue weighted by Crippen LogP contribution is -2.34. The quantitative estimate of drug-likeness (QED) is 0.588. The molecular weight excluding hydrogens is 136 g/mol. The molecule has 60 valence electrons. The minimum atomic E-state index is -2.29. The van der Waals surface area contributed by atoms with E-state index < -0.39 is 12.5 Å². The Balaban J connectivity index is 3.60. The Bertz CT molecular complexity index is 93.6. The van der Waals surface area contributed by atoms with Crippen molar-refractivity contribution in [2.24, 2.45) is 0 Å². The predicted molar refractivity (Wildman–Crippen MR) is 38.3 cm³/mol. The maximum atomic E-state index is 12.0. The highest BCUT2D eigenvalue weighted by Gasteiger charge is 2.16. The average molecular weight is 149 g/mol. The number of hydrogen-bond acceptors (Lipinski definition) is 1. The summed E-state index contributed by atoms with van der Waals surface area (Å²) in [6.07, 6.45) is -0.469. The fourth-order valence-electron chi connectivity index (χ4n) is 0.717. The molecule has 1 unspecified atom stereocenters. The van der Waals surface area contributed by atoms with E-state index in [1.165, 1.54) is 6.08 Å². The van der Waals surface area contributed by atoms with Gasteiger partial charge in [-0.2, -0.15) is 0 Å². The minimum Gasteiger partial charge on any atom is -0.309 e. The van der Waals surface area contributed by atoms with Crippen molar-refractivity contribution in [1.29, 1.82) is 0 Å². The summed E-state index contributed by atoms with van der Waals surface area (Å²) in [6, 6.07) is -0.720. The van der Waals surface area contributed by atoms with Crippen molar-refractivity contribution in [2.45, 2.75) is 25.8 Å². The second-order valence-corrected chi connectivity index (χ2v) is 2.02. The highest BCUT2D eigenvalue weighted by atomic mass is 19.3. The normalized spacial score (nSPS) is 13.6. The Morgan fingerprint density at radius 3 is 2.50 bits per heavy atom. The lowest BCUT2D eigenvalue weighted by Gasteiger charge is -2.13. The summed E-state index contributed by atoms with van der Waals surface area (Å²) in [5.41, 5.74) is 0. The molecule has 0 radical (unpaired) electrons. The van der Waals surface area contributed by atoms with E-state index in [9.17, 15) is 8.78 Å². The van der Waals surface area contributed by atoms with Crippen LogP contribution in [0.5, 0.6) is 0 Å². The van der Waals surface area contributed by atoms with Crippen molar-refractivity contribution in [3.05, 3.63) is 12.7 Å². The van der Waals surface area contributed by atoms with E-state index in [1.54, 1.807) is 6.92 Å². The third kappa shape index (κ3) is 3.56. The molecule has 0 aliphatic rings. The fraction of sp³-hybridized carbons (Fsp3) is 0.714. The summed E-state index contributed by atoms with van der Waals surface area (Å²) < 4.78 is 23.9. The summed E-state index contributed by atoms with van der Waals surface area (Å²) in [7, 11) is 0. The molecule has 1 atom stereocenters. The number of halogens is 2. The average Bonchev–Trinajstić information content (AvgIpc) is 1.87. The summed E-state index contributed by atoms with van der Waals surface area (Å²) in [5, 5.41) is 2.66. The van der Waals surface area contributed by atoms with Crippen LogP contribution in [0.3, 0.4) is 0 Å². The Kier molecular flexibility index (Phi) is 5.12. The molecule has 0 saturated carbocycles. The zero-order chi connectivity index (χ0) is 7.98. The first kappa shape index (κ1) is 9.56. The highest BCUT2D eigenvalue weighted by molar-refractivity contribution is 4.79. The van der Waals surface area contributed by atoms with Crippen LogP contribution in [-0.2, 0) is 0 Å². The maximum absolute atomic E-state index is 12.0. The van der Waals surface area contributed by atoms with Gasteiger partial charge in [-0.1, -0.05) is 13.0 Å². The van der Waals surface area contributed by atoms with Gasteiger partial charge in [0.1, 0.15) is 0 Å². The van der Waals surface area contributed by atoms with E-state index in [0.29, 0.717) is 13.0 Å². The van der Waals surface area contributed by atoms with Crippen molar-refractivity contribution in [3.8, 4) is 0 Å². The molecule has 0 aromatic heterocycles. The topological polar surface area (TPSA) is 12.0 Å². The summed E-state index contributed by atoms with van der Waals surface area (Å²) in [4.78, 5) is 0. The molecule has 0 amide bonds. The summed E-state index contributed by atoms with van der Waals surface area (Å²) in [6.45, 7) is 5.77. The largest absolute Gasteiger partial charge is 0.309 e. The van der Waals surface area contributed by atoms with Gasteiger partial charge >= 0.3 is 0 Å². The Labute approximate surface area is 60.1 Å². The van der Waals surface area contributed by atoms with Gasteiger partial charge < -0.3 is 5.32 Å². The lowest BCUT2D eigenvalue weighted by atomic mass is 10.2. The van der Waals surface area contributed by atoms with E-state index in [4.69, 9.17) is 0 Å². The van der Waals surface area contributed by atoms with Crippen LogP contribution >= 0.6 is 0 Å². The Hall–Kier alpha value is -0.440. The third-order valence-corrected chi connectivity index (χ3v) is 1.19. The van der Waals surface area contributed by atoms with E-state index in [-0.39, 0.29) is 0 Å². The van der Waals surface area contributed by atoms with Crippen molar-refractivity contribution in [2.75, 3.05) is 6.54 Å². The lowest BCUT2D eigenvalue weighted by molar-refractivity contribution is 0.100. The van der Waals surface area contributed by atoms with Gasteiger partial charge in [0.15, 0.2) is 0 Å². The van der Waals surface area contributed by atoms with Gasteiger partial charge in [0, 0.05) is 0 Å². The standard InChI is InChI=1S/C7H13F2N/c1-3-5-6(7(8)9)10-4-2/h3,6-7,10H,1,4-5H2,2H3. The molecular formula is C7H13F2N. The van der Waals surface area contributed by atoms with Gasteiger partial charge in [0.2, 0.25) is 0 Å². The molecule has 0 heterocycles. The molecule has 0 aliphatic heterocycles. The minimum absolute atomic E-state index is 0.325. The predicted octanol–water partition coefficient (Wildman–Crippen LogP) is 1.81. The smallest absolute Gasteiger partial charge is 0.253 e. The second kappa shape index (κ2) is 5.35. The molecule has 0 spiro atoms. The summed E-state index contributed by atoms with van der Waals surface area (Å²) in [5.74, 6) is 0. The molecule has 0 aliphatic carbocycles. The van der Waals surface area contributed by atoms with Crippen molar-refractivity contribution >= 4 is 0 Å². The molecule has 0 aromatic carbocycles. The molecule has 3 heteroatoms. The second-order valence-electron chi connectivity index (χ2n) is 2.02. The van der Waals surface area contributed by atoms with Crippen LogP contribution in [0.1, 0.15) is 13.3 Å². The number of rotatable bonds is 5. The first-order valence-corrected chi connectivity index (χ1v) is 3.34. The molecule has 1 N–H and O–H groups in total. The van der Waals surface area contributed by atoms with Gasteiger partial charge in [-0.05, 0) is 13.0 Å². The fourth-order valence-corrected chi connectivity index (χ4v) is 0.717. The van der Waals surface area contributed by atoms with Gasteiger partial charge in [-0.3, -0.25) is 0 Å². The van der Waals surface area contributed by atoms with Gasteiger partial charge in [-0.15, -0.1) is 6.58 Å². The molecule has 0 saturated heterocycles. The molecule has 1 nitrogen and oxygen atoms in total. The molecule has 0 bridgehead atoms. The molecule has 0 fully saturated rings. The van der Waals surface area contributed by atoms with Gasteiger partial charge in [0.25, 0.3) is 6.43 Å². The number of alkyl halides is 2. The zero-order valence-electron chi connectivity index (χ0n) is 6.11. The van der Waals surface area contributed by atoms with Gasteiger partial charge in [0.05, 0.1) is 6.04 Å². The number of hydrogen-bond donors (Lipinski definition) is 1. The third-order valence-electron chi connectivity index (χ3n) is 1.19. The van der Waals surface area contributed by atoms with Crippen LogP contribution in [0, 0.1) is 0 Å². The van der Waals surface area contributed by atoms with E-state index in [2.05, 4.69) is 11.9 Å².